The van der Waals surface area contributed by atoms with Crippen LogP contribution in [0, 0.1) is 0 Å². The lowest BCUT2D eigenvalue weighted by Crippen LogP contribution is -2.28. The number of carbonyl (C=O) groups excluding carboxylic acids is 1. The Hall–Kier alpha value is -2.38. The molecule has 0 bridgehead atoms. The summed E-state index contributed by atoms with van der Waals surface area (Å²) < 4.78 is 11.1. The third kappa shape index (κ3) is 4.72. The van der Waals surface area contributed by atoms with Gasteiger partial charge in [-0.15, -0.1) is 12.4 Å². The third-order valence-corrected chi connectivity index (χ3v) is 5.42. The fraction of sp³-hybridized carbons (Fsp3) is 0.300. The van der Waals surface area contributed by atoms with Crippen molar-refractivity contribution in [2.24, 2.45) is 4.99 Å². The number of amidine groups is 1. The summed E-state index contributed by atoms with van der Waals surface area (Å²) in [5.41, 5.74) is 0.755. The van der Waals surface area contributed by atoms with Crippen LogP contribution in [-0.4, -0.2) is 31.3 Å². The Kier molecular flexibility index (Phi) is 6.70. The molecular formula is C20H22ClN3O3S. The Morgan fingerprint density at radius 2 is 1.89 bits per heavy atom. The summed E-state index contributed by atoms with van der Waals surface area (Å²) in [6, 6.07) is 11.2. The van der Waals surface area contributed by atoms with Gasteiger partial charge in [0.05, 0.1) is 17.7 Å². The molecule has 2 aliphatic heterocycles. The average molecular weight is 420 g/mol. The van der Waals surface area contributed by atoms with Gasteiger partial charge in [0.1, 0.15) is 11.5 Å². The second-order valence-electron chi connectivity index (χ2n) is 6.40. The molecule has 2 aromatic rings. The molecule has 0 atom stereocenters. The molecule has 2 fully saturated rings. The van der Waals surface area contributed by atoms with Crippen molar-refractivity contribution in [3.8, 4) is 5.75 Å². The highest BCUT2D eigenvalue weighted by Gasteiger charge is 2.24. The maximum absolute atomic E-state index is 12.2. The van der Waals surface area contributed by atoms with E-state index in [2.05, 4.69) is 15.2 Å². The molecule has 28 heavy (non-hydrogen) atoms. The minimum Gasteiger partial charge on any atom is -0.497 e. The van der Waals surface area contributed by atoms with E-state index in [-0.39, 0.29) is 18.3 Å². The number of aliphatic imine (C=N–C) groups is 1. The first-order valence-corrected chi connectivity index (χ1v) is 9.81. The Balaban J connectivity index is 0.00000225. The van der Waals surface area contributed by atoms with E-state index < -0.39 is 0 Å². The predicted molar refractivity (Wildman–Crippen MR) is 116 cm³/mol. The number of carbonyl (C=O) groups is 1. The van der Waals surface area contributed by atoms with Crippen LogP contribution in [0.5, 0.6) is 5.75 Å². The highest BCUT2D eigenvalue weighted by molar-refractivity contribution is 8.18. The summed E-state index contributed by atoms with van der Waals surface area (Å²) in [6.07, 6.45) is 5.44. The van der Waals surface area contributed by atoms with Crippen molar-refractivity contribution in [3.63, 3.8) is 0 Å². The molecule has 6 nitrogen and oxygen atoms in total. The fourth-order valence-corrected chi connectivity index (χ4v) is 3.91. The van der Waals surface area contributed by atoms with Gasteiger partial charge in [0.2, 0.25) is 0 Å². The minimum absolute atomic E-state index is 0. The lowest BCUT2D eigenvalue weighted by Gasteiger charge is -2.25. The molecule has 0 saturated carbocycles. The summed E-state index contributed by atoms with van der Waals surface area (Å²) >= 11 is 1.31. The normalized spacial score (nSPS) is 19.6. The number of ether oxygens (including phenoxy) is 1. The van der Waals surface area contributed by atoms with E-state index in [0.29, 0.717) is 15.8 Å². The number of hydrogen-bond donors (Lipinski definition) is 1. The number of amides is 1. The average Bonchev–Trinajstić information content (AvgIpc) is 3.30. The number of furan rings is 1. The van der Waals surface area contributed by atoms with Crippen molar-refractivity contribution < 1.29 is 13.9 Å². The molecule has 148 valence electrons. The van der Waals surface area contributed by atoms with Gasteiger partial charge in [-0.1, -0.05) is 0 Å². The van der Waals surface area contributed by atoms with Crippen molar-refractivity contribution >= 4 is 52.9 Å². The zero-order valence-corrected chi connectivity index (χ0v) is 17.1. The Bertz CT molecular complexity index is 886. The number of nitrogens with one attached hydrogen (secondary N) is 1. The standard InChI is InChI=1S/C20H21N3O3S.ClH/c1-25-15-7-5-14(6-8-15)21-20-22-19(24)17(27-20)13-16-9-10-18(26-16)23-11-3-2-4-12-23;/h5-10,13H,2-4,11-12H2,1H3,(H,21,22,24);1H/b17-13-;. The minimum atomic E-state index is -0.164. The molecule has 1 amide bonds. The first-order valence-electron chi connectivity index (χ1n) is 9.00. The van der Waals surface area contributed by atoms with Gasteiger partial charge in [0.15, 0.2) is 11.1 Å². The van der Waals surface area contributed by atoms with Crippen LogP contribution in [0.1, 0.15) is 25.0 Å². The van der Waals surface area contributed by atoms with E-state index in [1.165, 1.54) is 31.0 Å². The van der Waals surface area contributed by atoms with Gasteiger partial charge in [-0.2, -0.15) is 0 Å². The second-order valence-corrected chi connectivity index (χ2v) is 7.43. The summed E-state index contributed by atoms with van der Waals surface area (Å²) in [5, 5.41) is 3.35. The maximum Gasteiger partial charge on any atom is 0.264 e. The molecular weight excluding hydrogens is 398 g/mol. The third-order valence-electron chi connectivity index (χ3n) is 4.51. The van der Waals surface area contributed by atoms with Crippen molar-refractivity contribution in [2.75, 3.05) is 25.1 Å². The molecule has 4 rings (SSSR count). The molecule has 8 heteroatoms. The molecule has 2 saturated heterocycles. The fourth-order valence-electron chi connectivity index (χ4n) is 3.09. The predicted octanol–water partition coefficient (Wildman–Crippen LogP) is 4.59. The zero-order valence-electron chi connectivity index (χ0n) is 15.5. The molecule has 1 N–H and O–H groups in total. The SMILES string of the molecule is COc1ccc(N=C2NC(=O)/C(=C/c3ccc(N4CCCCC4)o3)S2)cc1.Cl. The number of hydrogen-bond acceptors (Lipinski definition) is 6. The van der Waals surface area contributed by atoms with E-state index in [9.17, 15) is 4.79 Å². The van der Waals surface area contributed by atoms with Gasteiger partial charge in [0.25, 0.3) is 5.91 Å². The summed E-state index contributed by atoms with van der Waals surface area (Å²) in [5.74, 6) is 2.16. The molecule has 0 unspecified atom stereocenters. The molecule has 0 aliphatic carbocycles. The number of benzene rings is 1. The number of thioether (sulfide) groups is 1. The number of nitrogens with zero attached hydrogens (tertiary/aromatic N) is 2. The van der Waals surface area contributed by atoms with Crippen LogP contribution < -0.4 is 15.0 Å². The molecule has 2 aliphatic rings. The van der Waals surface area contributed by atoms with E-state index in [1.807, 2.05) is 36.4 Å². The first kappa shape index (κ1) is 20.4. The highest BCUT2D eigenvalue weighted by Crippen LogP contribution is 2.30. The van der Waals surface area contributed by atoms with Gasteiger partial charge in [-0.05, 0) is 61.4 Å². The van der Waals surface area contributed by atoms with Crippen molar-refractivity contribution in [3.05, 3.63) is 47.1 Å². The monoisotopic (exact) mass is 419 g/mol. The summed E-state index contributed by atoms with van der Waals surface area (Å²) in [6.45, 7) is 2.05. The van der Waals surface area contributed by atoms with Gasteiger partial charge >= 0.3 is 0 Å². The van der Waals surface area contributed by atoms with Crippen LogP contribution in [0.15, 0.2) is 50.7 Å². The van der Waals surface area contributed by atoms with E-state index in [0.717, 1.165) is 30.4 Å². The number of piperidine rings is 1. The number of anilines is 1. The Labute approximate surface area is 174 Å². The van der Waals surface area contributed by atoms with E-state index in [4.69, 9.17) is 9.15 Å². The number of methoxy groups -OCH3 is 1. The van der Waals surface area contributed by atoms with Crippen molar-refractivity contribution in [1.82, 2.24) is 5.32 Å². The topological polar surface area (TPSA) is 67.1 Å². The largest absolute Gasteiger partial charge is 0.497 e. The van der Waals surface area contributed by atoms with E-state index in [1.54, 1.807) is 13.2 Å². The molecule has 0 radical (unpaired) electrons. The van der Waals surface area contributed by atoms with Crippen LogP contribution in [0.4, 0.5) is 11.6 Å². The van der Waals surface area contributed by atoms with Gasteiger partial charge in [-0.25, -0.2) is 4.99 Å². The molecule has 1 aromatic heterocycles. The van der Waals surface area contributed by atoms with Crippen LogP contribution >= 0.6 is 24.2 Å². The maximum atomic E-state index is 12.2. The number of rotatable bonds is 4. The quantitative estimate of drug-likeness (QED) is 0.734. The highest BCUT2D eigenvalue weighted by atomic mass is 35.5. The van der Waals surface area contributed by atoms with Crippen LogP contribution in [0.25, 0.3) is 6.08 Å². The van der Waals surface area contributed by atoms with Crippen LogP contribution in [0.3, 0.4) is 0 Å². The van der Waals surface area contributed by atoms with E-state index >= 15 is 0 Å². The lowest BCUT2D eigenvalue weighted by molar-refractivity contribution is -0.115. The second kappa shape index (κ2) is 9.21. The Morgan fingerprint density at radius 3 is 2.61 bits per heavy atom. The van der Waals surface area contributed by atoms with Gasteiger partial charge in [0, 0.05) is 25.2 Å². The molecule has 1 aromatic carbocycles. The van der Waals surface area contributed by atoms with Crippen LogP contribution in [-0.2, 0) is 4.79 Å². The van der Waals surface area contributed by atoms with Gasteiger partial charge in [-0.3, -0.25) is 4.79 Å². The lowest BCUT2D eigenvalue weighted by atomic mass is 10.1. The van der Waals surface area contributed by atoms with Crippen LogP contribution in [0.2, 0.25) is 0 Å². The summed E-state index contributed by atoms with van der Waals surface area (Å²) in [4.78, 5) is 19.5. The molecule has 3 heterocycles. The smallest absolute Gasteiger partial charge is 0.264 e. The Morgan fingerprint density at radius 1 is 1.14 bits per heavy atom. The van der Waals surface area contributed by atoms with Crippen molar-refractivity contribution in [2.45, 2.75) is 19.3 Å². The molecule has 0 spiro atoms. The number of halogens is 1. The van der Waals surface area contributed by atoms with Crippen molar-refractivity contribution in [1.29, 1.82) is 0 Å². The first-order chi connectivity index (χ1) is 13.2. The van der Waals surface area contributed by atoms with Gasteiger partial charge < -0.3 is 19.4 Å². The zero-order chi connectivity index (χ0) is 18.6. The summed E-state index contributed by atoms with van der Waals surface area (Å²) in [7, 11) is 1.62.